The summed E-state index contributed by atoms with van der Waals surface area (Å²) >= 11 is 6.13. The van der Waals surface area contributed by atoms with Crippen molar-refractivity contribution in [3.8, 4) is 11.5 Å². The van der Waals surface area contributed by atoms with Gasteiger partial charge in [-0.15, -0.1) is 0 Å². The second-order valence-corrected chi connectivity index (χ2v) is 5.70. The Kier molecular flexibility index (Phi) is 8.35. The van der Waals surface area contributed by atoms with Crippen LogP contribution in [0.1, 0.15) is 36.5 Å². The lowest BCUT2D eigenvalue weighted by atomic mass is 10.1. The van der Waals surface area contributed by atoms with Crippen molar-refractivity contribution in [1.29, 1.82) is 0 Å². The van der Waals surface area contributed by atoms with Gasteiger partial charge in [-0.05, 0) is 18.6 Å². The second kappa shape index (κ2) is 10.00. The predicted molar refractivity (Wildman–Crippen MR) is 92.5 cm³/mol. The van der Waals surface area contributed by atoms with E-state index < -0.39 is 5.91 Å². The van der Waals surface area contributed by atoms with Gasteiger partial charge in [0.15, 0.2) is 18.1 Å². The Morgan fingerprint density at radius 2 is 2.08 bits per heavy atom. The van der Waals surface area contributed by atoms with Gasteiger partial charge >= 0.3 is 0 Å². The molecule has 1 unspecified atom stereocenters. The number of methoxy groups -OCH3 is 1. The zero-order valence-corrected chi connectivity index (χ0v) is 14.7. The van der Waals surface area contributed by atoms with Crippen molar-refractivity contribution in [1.82, 2.24) is 5.32 Å². The predicted octanol–water partition coefficient (Wildman–Crippen LogP) is 1.46. The number of nitrogens with two attached hydrogens (primary N) is 2. The zero-order chi connectivity index (χ0) is 18.1. The molecule has 0 heterocycles. The van der Waals surface area contributed by atoms with Crippen LogP contribution in [-0.4, -0.2) is 38.1 Å². The number of benzene rings is 1. The molecule has 0 aliphatic carbocycles. The lowest BCUT2D eigenvalue weighted by Crippen LogP contribution is -2.40. The molecule has 2 amide bonds. The Bertz CT molecular complexity index is 581. The van der Waals surface area contributed by atoms with Gasteiger partial charge in [0.05, 0.1) is 12.1 Å². The molecule has 0 spiro atoms. The molecule has 0 radical (unpaired) electrons. The summed E-state index contributed by atoms with van der Waals surface area (Å²) < 4.78 is 10.4. The first kappa shape index (κ1) is 20.1. The van der Waals surface area contributed by atoms with E-state index in [-0.39, 0.29) is 35.1 Å². The van der Waals surface area contributed by atoms with Crippen LogP contribution in [0.3, 0.4) is 0 Å². The van der Waals surface area contributed by atoms with E-state index in [0.29, 0.717) is 12.1 Å². The Morgan fingerprint density at radius 3 is 2.62 bits per heavy atom. The van der Waals surface area contributed by atoms with Crippen LogP contribution in [0.15, 0.2) is 12.1 Å². The van der Waals surface area contributed by atoms with Gasteiger partial charge in [-0.25, -0.2) is 0 Å². The Morgan fingerprint density at radius 1 is 1.38 bits per heavy atom. The van der Waals surface area contributed by atoms with Gasteiger partial charge in [-0.1, -0.05) is 31.4 Å². The van der Waals surface area contributed by atoms with Gasteiger partial charge in [0.2, 0.25) is 0 Å². The highest BCUT2D eigenvalue weighted by Gasteiger charge is 2.18. The number of hydrogen-bond donors (Lipinski definition) is 3. The van der Waals surface area contributed by atoms with Crippen molar-refractivity contribution in [2.75, 3.05) is 20.3 Å². The van der Waals surface area contributed by atoms with E-state index in [1.54, 1.807) is 0 Å². The van der Waals surface area contributed by atoms with Gasteiger partial charge < -0.3 is 26.3 Å². The van der Waals surface area contributed by atoms with Crippen LogP contribution in [0.5, 0.6) is 11.5 Å². The van der Waals surface area contributed by atoms with E-state index in [9.17, 15) is 9.59 Å². The van der Waals surface area contributed by atoms with Crippen LogP contribution in [0.4, 0.5) is 0 Å². The summed E-state index contributed by atoms with van der Waals surface area (Å²) in [4.78, 5) is 23.2. The van der Waals surface area contributed by atoms with Crippen molar-refractivity contribution >= 4 is 23.4 Å². The number of primary amides is 1. The molecular formula is C16H24ClN3O4. The standard InChI is InChI=1S/C16H24ClN3O4/c1-3-4-5-11(8-18)20-16(22)10-6-12(17)15(13(7-10)23-2)24-9-14(19)21/h6-7,11H,3-5,8-9,18H2,1-2H3,(H2,19,21)(H,20,22). The molecule has 1 aromatic carbocycles. The molecule has 7 nitrogen and oxygen atoms in total. The number of ether oxygens (including phenoxy) is 2. The highest BCUT2D eigenvalue weighted by Crippen LogP contribution is 2.36. The quantitative estimate of drug-likeness (QED) is 0.586. The van der Waals surface area contributed by atoms with Crippen LogP contribution < -0.4 is 26.3 Å². The number of carbonyl (C=O) groups excluding carboxylic acids is 2. The van der Waals surface area contributed by atoms with Gasteiger partial charge in [0.25, 0.3) is 11.8 Å². The molecule has 134 valence electrons. The third-order valence-electron chi connectivity index (χ3n) is 3.38. The van der Waals surface area contributed by atoms with Crippen molar-refractivity contribution in [2.45, 2.75) is 32.2 Å². The molecule has 0 fully saturated rings. The Hall–Kier alpha value is -1.99. The second-order valence-electron chi connectivity index (χ2n) is 5.29. The van der Waals surface area contributed by atoms with Crippen molar-refractivity contribution < 1.29 is 19.1 Å². The van der Waals surface area contributed by atoms with E-state index in [0.717, 1.165) is 19.3 Å². The lowest BCUT2D eigenvalue weighted by Gasteiger charge is -2.18. The fourth-order valence-corrected chi connectivity index (χ4v) is 2.37. The number of hydrogen-bond acceptors (Lipinski definition) is 5. The average Bonchev–Trinajstić information content (AvgIpc) is 2.56. The molecule has 1 atom stereocenters. The minimum Gasteiger partial charge on any atom is -0.493 e. The number of carbonyl (C=O) groups is 2. The molecular weight excluding hydrogens is 334 g/mol. The molecule has 5 N–H and O–H groups in total. The van der Waals surface area contributed by atoms with Gasteiger partial charge in [0.1, 0.15) is 0 Å². The van der Waals surface area contributed by atoms with Crippen LogP contribution in [-0.2, 0) is 4.79 Å². The van der Waals surface area contributed by atoms with E-state index in [1.807, 2.05) is 0 Å². The van der Waals surface area contributed by atoms with Gasteiger partial charge in [-0.2, -0.15) is 0 Å². The number of nitrogens with one attached hydrogen (secondary N) is 1. The SMILES string of the molecule is CCCCC(CN)NC(=O)c1cc(Cl)c(OCC(N)=O)c(OC)c1. The van der Waals surface area contributed by atoms with Crippen molar-refractivity contribution in [3.05, 3.63) is 22.7 Å². The van der Waals surface area contributed by atoms with Crippen LogP contribution in [0.25, 0.3) is 0 Å². The molecule has 0 aliphatic heterocycles. The van der Waals surface area contributed by atoms with Crippen LogP contribution in [0.2, 0.25) is 5.02 Å². The molecule has 0 saturated carbocycles. The summed E-state index contributed by atoms with van der Waals surface area (Å²) in [7, 11) is 1.41. The number of halogens is 1. The summed E-state index contributed by atoms with van der Waals surface area (Å²) in [5.41, 5.74) is 11.1. The lowest BCUT2D eigenvalue weighted by molar-refractivity contribution is -0.119. The Balaban J connectivity index is 2.93. The Labute approximate surface area is 146 Å². The summed E-state index contributed by atoms with van der Waals surface area (Å²) in [6.45, 7) is 2.09. The van der Waals surface area contributed by atoms with E-state index in [4.69, 9.17) is 32.5 Å². The summed E-state index contributed by atoms with van der Waals surface area (Å²) in [6, 6.07) is 2.83. The average molecular weight is 358 g/mol. The van der Waals surface area contributed by atoms with Gasteiger partial charge in [0, 0.05) is 18.2 Å². The third-order valence-corrected chi connectivity index (χ3v) is 3.66. The van der Waals surface area contributed by atoms with Gasteiger partial charge in [-0.3, -0.25) is 9.59 Å². The van der Waals surface area contributed by atoms with Crippen molar-refractivity contribution in [2.24, 2.45) is 11.5 Å². The number of rotatable bonds is 10. The fourth-order valence-electron chi connectivity index (χ4n) is 2.10. The maximum absolute atomic E-state index is 12.4. The summed E-state index contributed by atoms with van der Waals surface area (Å²) in [6.07, 6.45) is 2.81. The minimum atomic E-state index is -0.642. The molecule has 24 heavy (non-hydrogen) atoms. The maximum Gasteiger partial charge on any atom is 0.255 e. The monoisotopic (exact) mass is 357 g/mol. The highest BCUT2D eigenvalue weighted by atomic mass is 35.5. The number of unbranched alkanes of at least 4 members (excludes halogenated alkanes) is 1. The molecule has 0 aromatic heterocycles. The maximum atomic E-state index is 12.4. The fraction of sp³-hybridized carbons (Fsp3) is 0.500. The minimum absolute atomic E-state index is 0.104. The third kappa shape index (κ3) is 5.90. The first-order valence-electron chi connectivity index (χ1n) is 7.72. The van der Waals surface area contributed by atoms with Crippen LogP contribution >= 0.6 is 11.6 Å². The molecule has 8 heteroatoms. The molecule has 0 bridgehead atoms. The number of amides is 2. The molecule has 0 aliphatic rings. The highest BCUT2D eigenvalue weighted by molar-refractivity contribution is 6.32. The van der Waals surface area contributed by atoms with E-state index >= 15 is 0 Å². The molecule has 0 saturated heterocycles. The van der Waals surface area contributed by atoms with Crippen LogP contribution in [0, 0.1) is 0 Å². The van der Waals surface area contributed by atoms with E-state index in [2.05, 4.69) is 12.2 Å². The smallest absolute Gasteiger partial charge is 0.255 e. The topological polar surface area (TPSA) is 117 Å². The zero-order valence-electron chi connectivity index (χ0n) is 13.9. The first-order chi connectivity index (χ1) is 11.4. The normalized spacial score (nSPS) is 11.7. The summed E-state index contributed by atoms with van der Waals surface area (Å²) in [5, 5.41) is 3.02. The van der Waals surface area contributed by atoms with E-state index in [1.165, 1.54) is 19.2 Å². The molecule has 1 aromatic rings. The summed E-state index contributed by atoms with van der Waals surface area (Å²) in [5.74, 6) is -0.539. The largest absolute Gasteiger partial charge is 0.493 e. The van der Waals surface area contributed by atoms with Crippen molar-refractivity contribution in [3.63, 3.8) is 0 Å². The molecule has 1 rings (SSSR count). The first-order valence-corrected chi connectivity index (χ1v) is 8.10.